The van der Waals surface area contributed by atoms with E-state index in [1.54, 1.807) is 29.2 Å². The van der Waals surface area contributed by atoms with E-state index in [9.17, 15) is 14.4 Å². The van der Waals surface area contributed by atoms with E-state index >= 15 is 0 Å². The van der Waals surface area contributed by atoms with Gasteiger partial charge in [0.25, 0.3) is 5.91 Å². The number of aromatic nitrogens is 2. The number of rotatable bonds is 7. The fourth-order valence-corrected chi connectivity index (χ4v) is 4.58. The Balaban J connectivity index is 1.28. The minimum Gasteiger partial charge on any atom is -0.352 e. The lowest BCUT2D eigenvalue weighted by Gasteiger charge is -2.18. The maximum absolute atomic E-state index is 12.7. The van der Waals surface area contributed by atoms with Gasteiger partial charge in [-0.15, -0.1) is 10.2 Å². The topological polar surface area (TPSA) is 104 Å². The van der Waals surface area contributed by atoms with Crippen LogP contribution in [-0.4, -0.2) is 41.0 Å². The summed E-state index contributed by atoms with van der Waals surface area (Å²) in [7, 11) is 0. The van der Waals surface area contributed by atoms with Crippen molar-refractivity contribution in [2.45, 2.75) is 19.8 Å². The third kappa shape index (κ3) is 5.37. The lowest BCUT2D eigenvalue weighted by atomic mass is 10.1. The summed E-state index contributed by atoms with van der Waals surface area (Å²) in [5, 5.41) is 15.1. The first-order valence-electron chi connectivity index (χ1n) is 10.4. The van der Waals surface area contributed by atoms with Crippen LogP contribution in [0.5, 0.6) is 0 Å². The Bertz CT molecular complexity index is 1200. The lowest BCUT2D eigenvalue weighted by molar-refractivity contribution is -0.122. The second-order valence-electron chi connectivity index (χ2n) is 7.67. The number of nitrogens with one attached hydrogen (secondary N) is 2. The fraction of sp³-hybridized carbons (Fsp3) is 0.261. The van der Waals surface area contributed by atoms with Crippen molar-refractivity contribution in [2.24, 2.45) is 5.92 Å². The zero-order valence-corrected chi connectivity index (χ0v) is 19.4. The average molecular weight is 484 g/mol. The number of para-hydroxylation sites is 1. The molecule has 8 nitrogen and oxygen atoms in total. The molecule has 4 rings (SSSR count). The Morgan fingerprint density at radius 1 is 1.15 bits per heavy atom. The molecule has 1 saturated heterocycles. The SMILES string of the molecule is Cc1ccccc1N1CC(C(=O)Nc2nnc(CCNC(=O)c3ccccc3Cl)s2)CC1=O. The van der Waals surface area contributed by atoms with Crippen LogP contribution in [0.2, 0.25) is 5.02 Å². The van der Waals surface area contributed by atoms with Crippen molar-refractivity contribution in [3.05, 3.63) is 69.7 Å². The van der Waals surface area contributed by atoms with Gasteiger partial charge < -0.3 is 15.5 Å². The molecule has 170 valence electrons. The van der Waals surface area contributed by atoms with Gasteiger partial charge in [-0.05, 0) is 30.7 Å². The summed E-state index contributed by atoms with van der Waals surface area (Å²) in [6, 6.07) is 14.4. The third-order valence-electron chi connectivity index (χ3n) is 5.34. The number of hydrogen-bond acceptors (Lipinski definition) is 6. The predicted molar refractivity (Wildman–Crippen MR) is 128 cm³/mol. The Labute approximate surface area is 200 Å². The Hall–Kier alpha value is -3.30. The van der Waals surface area contributed by atoms with Crippen LogP contribution in [0.25, 0.3) is 0 Å². The van der Waals surface area contributed by atoms with Crippen LogP contribution in [0.4, 0.5) is 10.8 Å². The van der Waals surface area contributed by atoms with E-state index in [1.807, 2.05) is 31.2 Å². The number of carbonyl (C=O) groups excluding carboxylic acids is 3. The highest BCUT2D eigenvalue weighted by Gasteiger charge is 2.36. The molecule has 33 heavy (non-hydrogen) atoms. The molecule has 3 aromatic rings. The Morgan fingerprint density at radius 3 is 2.70 bits per heavy atom. The van der Waals surface area contributed by atoms with Crippen molar-refractivity contribution in [3.63, 3.8) is 0 Å². The van der Waals surface area contributed by atoms with Crippen LogP contribution in [0, 0.1) is 12.8 Å². The van der Waals surface area contributed by atoms with Crippen molar-refractivity contribution in [1.29, 1.82) is 0 Å². The van der Waals surface area contributed by atoms with Crippen LogP contribution >= 0.6 is 22.9 Å². The molecular weight excluding hydrogens is 462 g/mol. The number of benzene rings is 2. The zero-order valence-electron chi connectivity index (χ0n) is 17.9. The van der Waals surface area contributed by atoms with Crippen LogP contribution < -0.4 is 15.5 Å². The highest BCUT2D eigenvalue weighted by atomic mass is 35.5. The van der Waals surface area contributed by atoms with E-state index in [0.717, 1.165) is 11.3 Å². The molecule has 0 bridgehead atoms. The summed E-state index contributed by atoms with van der Waals surface area (Å²) < 4.78 is 0. The van der Waals surface area contributed by atoms with Gasteiger partial charge in [-0.2, -0.15) is 0 Å². The third-order valence-corrected chi connectivity index (χ3v) is 6.57. The molecule has 1 unspecified atom stereocenters. The van der Waals surface area contributed by atoms with Crippen molar-refractivity contribution in [2.75, 3.05) is 23.3 Å². The molecule has 0 saturated carbocycles. The molecule has 0 aliphatic carbocycles. The van der Waals surface area contributed by atoms with Gasteiger partial charge >= 0.3 is 0 Å². The fourth-order valence-electron chi connectivity index (χ4n) is 3.62. The van der Waals surface area contributed by atoms with E-state index in [2.05, 4.69) is 20.8 Å². The molecular formula is C23H22ClN5O3S. The zero-order chi connectivity index (χ0) is 23.4. The Kier molecular flexibility index (Phi) is 7.00. The normalized spacial score (nSPS) is 15.5. The maximum Gasteiger partial charge on any atom is 0.252 e. The number of anilines is 2. The molecule has 1 aromatic heterocycles. The smallest absolute Gasteiger partial charge is 0.252 e. The van der Waals surface area contributed by atoms with Crippen LogP contribution in [0.15, 0.2) is 48.5 Å². The first kappa shape index (κ1) is 22.9. The standard InChI is InChI=1S/C23H22ClN5O3S/c1-14-6-2-5-9-18(14)29-13-15(12-20(29)30)21(31)26-23-28-27-19(33-23)10-11-25-22(32)16-7-3-4-8-17(16)24/h2-9,15H,10-13H2,1H3,(H,25,32)(H,26,28,31). The van der Waals surface area contributed by atoms with Crippen molar-refractivity contribution in [1.82, 2.24) is 15.5 Å². The first-order chi connectivity index (χ1) is 15.9. The molecule has 10 heteroatoms. The van der Waals surface area contributed by atoms with Crippen LogP contribution in [0.1, 0.15) is 27.3 Å². The summed E-state index contributed by atoms with van der Waals surface area (Å²) >= 11 is 7.28. The minimum absolute atomic E-state index is 0.0725. The van der Waals surface area contributed by atoms with E-state index in [-0.39, 0.29) is 24.1 Å². The molecule has 0 spiro atoms. The first-order valence-corrected chi connectivity index (χ1v) is 11.6. The van der Waals surface area contributed by atoms with Crippen molar-refractivity contribution < 1.29 is 14.4 Å². The average Bonchev–Trinajstić information content (AvgIpc) is 3.40. The van der Waals surface area contributed by atoms with Gasteiger partial charge in [0.15, 0.2) is 0 Å². The molecule has 2 heterocycles. The number of halogens is 1. The van der Waals surface area contributed by atoms with Gasteiger partial charge in [-0.25, -0.2) is 0 Å². The highest BCUT2D eigenvalue weighted by Crippen LogP contribution is 2.28. The number of nitrogens with zero attached hydrogens (tertiary/aromatic N) is 3. The lowest BCUT2D eigenvalue weighted by Crippen LogP contribution is -2.28. The second kappa shape index (κ2) is 10.1. The monoisotopic (exact) mass is 483 g/mol. The second-order valence-corrected chi connectivity index (χ2v) is 9.14. The van der Waals surface area contributed by atoms with E-state index in [1.165, 1.54) is 11.3 Å². The predicted octanol–water partition coefficient (Wildman–Crippen LogP) is 3.46. The van der Waals surface area contributed by atoms with Gasteiger partial charge in [-0.3, -0.25) is 14.4 Å². The van der Waals surface area contributed by atoms with Crippen LogP contribution in [-0.2, 0) is 16.0 Å². The molecule has 2 N–H and O–H groups in total. The summed E-state index contributed by atoms with van der Waals surface area (Å²) in [6.07, 6.45) is 0.618. The largest absolute Gasteiger partial charge is 0.352 e. The van der Waals surface area contributed by atoms with Gasteiger partial charge in [0.2, 0.25) is 16.9 Å². The van der Waals surface area contributed by atoms with E-state index in [0.29, 0.717) is 40.2 Å². The summed E-state index contributed by atoms with van der Waals surface area (Å²) in [6.45, 7) is 2.63. The number of carbonyl (C=O) groups is 3. The molecule has 3 amide bonds. The van der Waals surface area contributed by atoms with E-state index < -0.39 is 5.92 Å². The molecule has 0 radical (unpaired) electrons. The van der Waals surface area contributed by atoms with Gasteiger partial charge in [0, 0.05) is 31.6 Å². The molecule has 2 aromatic carbocycles. The summed E-state index contributed by atoms with van der Waals surface area (Å²) in [5.74, 6) is -1.05. The molecule has 1 fully saturated rings. The van der Waals surface area contributed by atoms with Crippen molar-refractivity contribution >= 4 is 51.5 Å². The highest BCUT2D eigenvalue weighted by molar-refractivity contribution is 7.15. The summed E-state index contributed by atoms with van der Waals surface area (Å²) in [5.41, 5.74) is 2.23. The van der Waals surface area contributed by atoms with E-state index in [4.69, 9.17) is 11.6 Å². The van der Waals surface area contributed by atoms with Gasteiger partial charge in [0.1, 0.15) is 5.01 Å². The quantitative estimate of drug-likeness (QED) is 0.535. The van der Waals surface area contributed by atoms with Crippen molar-refractivity contribution in [3.8, 4) is 0 Å². The minimum atomic E-state index is -0.459. The number of amides is 3. The Morgan fingerprint density at radius 2 is 1.91 bits per heavy atom. The maximum atomic E-state index is 12.7. The molecule has 1 aliphatic rings. The summed E-state index contributed by atoms with van der Waals surface area (Å²) in [4.78, 5) is 39.0. The van der Waals surface area contributed by atoms with Crippen LogP contribution in [0.3, 0.4) is 0 Å². The molecule has 1 aliphatic heterocycles. The number of hydrogen-bond donors (Lipinski definition) is 2. The van der Waals surface area contributed by atoms with Gasteiger partial charge in [-0.1, -0.05) is 53.3 Å². The number of aryl methyl sites for hydroxylation is 1. The van der Waals surface area contributed by atoms with Gasteiger partial charge in [0.05, 0.1) is 16.5 Å². The molecule has 1 atom stereocenters.